The van der Waals surface area contributed by atoms with E-state index in [9.17, 15) is 0 Å². The molecule has 0 aliphatic carbocycles. The lowest BCUT2D eigenvalue weighted by Gasteiger charge is -2.25. The predicted octanol–water partition coefficient (Wildman–Crippen LogP) is 4.67. The smallest absolute Gasteiger partial charge is 0.158 e. The van der Waals surface area contributed by atoms with Crippen molar-refractivity contribution in [1.82, 2.24) is 4.57 Å². The third kappa shape index (κ3) is 3.11. The molecule has 0 N–H and O–H groups in total. The molecule has 1 aliphatic heterocycles. The van der Waals surface area contributed by atoms with E-state index in [0.717, 1.165) is 34.3 Å². The lowest BCUT2D eigenvalue weighted by atomic mass is 10.2. The number of anilines is 1. The van der Waals surface area contributed by atoms with Crippen molar-refractivity contribution in [3.05, 3.63) is 77.6 Å². The van der Waals surface area contributed by atoms with Crippen molar-refractivity contribution in [1.29, 1.82) is 0 Å². The van der Waals surface area contributed by atoms with Gasteiger partial charge in [-0.1, -0.05) is 29.8 Å². The molecule has 0 amide bonds. The summed E-state index contributed by atoms with van der Waals surface area (Å²) in [6.07, 6.45) is 3.97. The SMILES string of the molecule is COc1cccc(N2CCOC2c2ccn(-c3ccccc3Cl)c2)c1. The minimum absolute atomic E-state index is 0.115. The Morgan fingerprint density at radius 1 is 1.12 bits per heavy atom. The quantitative estimate of drug-likeness (QED) is 0.681. The van der Waals surface area contributed by atoms with E-state index in [1.165, 1.54) is 0 Å². The second-order valence-corrected chi connectivity index (χ2v) is 6.33. The van der Waals surface area contributed by atoms with Gasteiger partial charge in [0.15, 0.2) is 6.23 Å². The highest BCUT2D eigenvalue weighted by molar-refractivity contribution is 6.32. The van der Waals surface area contributed by atoms with Crippen LogP contribution in [0.3, 0.4) is 0 Å². The van der Waals surface area contributed by atoms with Crippen molar-refractivity contribution >= 4 is 17.3 Å². The first-order valence-corrected chi connectivity index (χ1v) is 8.59. The van der Waals surface area contributed by atoms with E-state index in [2.05, 4.69) is 23.2 Å². The molecule has 0 saturated carbocycles. The first kappa shape index (κ1) is 16.1. The third-order valence-electron chi connectivity index (χ3n) is 4.41. The van der Waals surface area contributed by atoms with E-state index in [1.54, 1.807) is 7.11 Å². The van der Waals surface area contributed by atoms with Gasteiger partial charge in [-0.05, 0) is 30.3 Å². The Hall–Kier alpha value is -2.43. The van der Waals surface area contributed by atoms with Crippen LogP contribution in [0, 0.1) is 0 Å². The summed E-state index contributed by atoms with van der Waals surface area (Å²) in [6.45, 7) is 1.54. The normalized spacial score (nSPS) is 17.0. The van der Waals surface area contributed by atoms with Gasteiger partial charge in [-0.3, -0.25) is 0 Å². The van der Waals surface area contributed by atoms with Crippen LogP contribution in [0.2, 0.25) is 5.02 Å². The molecule has 1 atom stereocenters. The van der Waals surface area contributed by atoms with Crippen molar-refractivity contribution in [3.8, 4) is 11.4 Å². The summed E-state index contributed by atoms with van der Waals surface area (Å²) in [6, 6.07) is 17.9. The average molecular weight is 355 g/mol. The van der Waals surface area contributed by atoms with Gasteiger partial charge in [0.1, 0.15) is 5.75 Å². The van der Waals surface area contributed by atoms with Crippen molar-refractivity contribution in [3.63, 3.8) is 0 Å². The van der Waals surface area contributed by atoms with Crippen molar-refractivity contribution in [2.45, 2.75) is 6.23 Å². The zero-order valence-electron chi connectivity index (χ0n) is 13.9. The van der Waals surface area contributed by atoms with Gasteiger partial charge in [-0.25, -0.2) is 0 Å². The van der Waals surface area contributed by atoms with E-state index < -0.39 is 0 Å². The maximum Gasteiger partial charge on any atom is 0.158 e. The lowest BCUT2D eigenvalue weighted by molar-refractivity contribution is 0.114. The molecular weight excluding hydrogens is 336 g/mol. The summed E-state index contributed by atoms with van der Waals surface area (Å²) >= 11 is 6.31. The summed E-state index contributed by atoms with van der Waals surface area (Å²) < 4.78 is 13.4. The molecule has 0 bridgehead atoms. The number of benzene rings is 2. The molecule has 2 heterocycles. The second-order valence-electron chi connectivity index (χ2n) is 5.92. The van der Waals surface area contributed by atoms with Crippen LogP contribution in [0.25, 0.3) is 5.69 Å². The number of hydrogen-bond donors (Lipinski definition) is 0. The van der Waals surface area contributed by atoms with Gasteiger partial charge in [-0.15, -0.1) is 0 Å². The van der Waals surface area contributed by atoms with Crippen LogP contribution in [-0.4, -0.2) is 24.8 Å². The van der Waals surface area contributed by atoms with Gasteiger partial charge in [-0.2, -0.15) is 0 Å². The Morgan fingerprint density at radius 2 is 2.00 bits per heavy atom. The van der Waals surface area contributed by atoms with Crippen LogP contribution in [0.15, 0.2) is 67.0 Å². The van der Waals surface area contributed by atoms with Crippen LogP contribution in [0.5, 0.6) is 5.75 Å². The van der Waals surface area contributed by atoms with Crippen molar-refractivity contribution in [2.75, 3.05) is 25.2 Å². The minimum atomic E-state index is -0.115. The highest BCUT2D eigenvalue weighted by Gasteiger charge is 2.28. The van der Waals surface area contributed by atoms with E-state index >= 15 is 0 Å². The Morgan fingerprint density at radius 3 is 2.84 bits per heavy atom. The van der Waals surface area contributed by atoms with Crippen molar-refractivity contribution in [2.24, 2.45) is 0 Å². The molecule has 3 aromatic rings. The van der Waals surface area contributed by atoms with Crippen LogP contribution >= 0.6 is 11.6 Å². The maximum atomic E-state index is 6.31. The number of halogens is 1. The molecule has 128 valence electrons. The highest BCUT2D eigenvalue weighted by Crippen LogP contribution is 2.34. The number of nitrogens with zero attached hydrogens (tertiary/aromatic N) is 2. The van der Waals surface area contributed by atoms with Gasteiger partial charge in [0.25, 0.3) is 0 Å². The third-order valence-corrected chi connectivity index (χ3v) is 4.73. The maximum absolute atomic E-state index is 6.31. The highest BCUT2D eigenvalue weighted by atomic mass is 35.5. The van der Waals surface area contributed by atoms with Gasteiger partial charge in [0.2, 0.25) is 0 Å². The number of aromatic nitrogens is 1. The van der Waals surface area contributed by atoms with Gasteiger partial charge >= 0.3 is 0 Å². The largest absolute Gasteiger partial charge is 0.497 e. The molecule has 0 radical (unpaired) electrons. The van der Waals surface area contributed by atoms with Crippen LogP contribution in [0.4, 0.5) is 5.69 Å². The number of para-hydroxylation sites is 1. The number of ether oxygens (including phenoxy) is 2. The number of hydrogen-bond acceptors (Lipinski definition) is 3. The molecule has 0 spiro atoms. The molecule has 1 aliphatic rings. The zero-order chi connectivity index (χ0) is 17.2. The van der Waals surface area contributed by atoms with Gasteiger partial charge in [0.05, 0.1) is 24.4 Å². The first-order chi connectivity index (χ1) is 12.3. The van der Waals surface area contributed by atoms with E-state index in [4.69, 9.17) is 21.1 Å². The van der Waals surface area contributed by atoms with Crippen LogP contribution in [0.1, 0.15) is 11.8 Å². The molecule has 4 nitrogen and oxygen atoms in total. The molecule has 1 fully saturated rings. The molecule has 1 aromatic heterocycles. The molecule has 1 unspecified atom stereocenters. The standard InChI is InChI=1S/C20H19ClN2O2/c1-24-17-6-4-5-16(13-17)23-11-12-25-20(23)15-9-10-22(14-15)19-8-3-2-7-18(19)21/h2-10,13-14,20H,11-12H2,1H3. The lowest BCUT2D eigenvalue weighted by Crippen LogP contribution is -2.22. The fourth-order valence-corrected chi connectivity index (χ4v) is 3.40. The molecular formula is C20H19ClN2O2. The topological polar surface area (TPSA) is 26.6 Å². The number of rotatable bonds is 4. The Bertz CT molecular complexity index is 877. The van der Waals surface area contributed by atoms with E-state index in [0.29, 0.717) is 6.61 Å². The molecule has 2 aromatic carbocycles. The average Bonchev–Trinajstić information content (AvgIpc) is 3.31. The summed E-state index contributed by atoms with van der Waals surface area (Å²) in [5.74, 6) is 0.844. The monoisotopic (exact) mass is 354 g/mol. The van der Waals surface area contributed by atoms with Gasteiger partial charge < -0.3 is 18.9 Å². The molecule has 1 saturated heterocycles. The Balaban J connectivity index is 1.64. The first-order valence-electron chi connectivity index (χ1n) is 8.21. The summed E-state index contributed by atoms with van der Waals surface area (Å²) in [5, 5.41) is 0.724. The Labute approximate surface area is 152 Å². The Kier molecular flexibility index (Phi) is 4.38. The fourth-order valence-electron chi connectivity index (χ4n) is 3.17. The van der Waals surface area contributed by atoms with Gasteiger partial charge in [0, 0.05) is 36.3 Å². The molecule has 4 rings (SSSR count). The molecule has 5 heteroatoms. The fraction of sp³-hybridized carbons (Fsp3) is 0.200. The minimum Gasteiger partial charge on any atom is -0.497 e. The van der Waals surface area contributed by atoms with Crippen LogP contribution < -0.4 is 9.64 Å². The molecule has 25 heavy (non-hydrogen) atoms. The van der Waals surface area contributed by atoms with E-state index in [1.807, 2.05) is 53.2 Å². The second kappa shape index (κ2) is 6.82. The predicted molar refractivity (Wildman–Crippen MR) is 99.8 cm³/mol. The zero-order valence-corrected chi connectivity index (χ0v) is 14.7. The summed E-state index contributed by atoms with van der Waals surface area (Å²) in [7, 11) is 1.68. The van der Waals surface area contributed by atoms with Crippen LogP contribution in [-0.2, 0) is 4.74 Å². The summed E-state index contributed by atoms with van der Waals surface area (Å²) in [4.78, 5) is 2.24. The summed E-state index contributed by atoms with van der Waals surface area (Å²) in [5.41, 5.74) is 3.15. The van der Waals surface area contributed by atoms with Crippen molar-refractivity contribution < 1.29 is 9.47 Å². The number of methoxy groups -OCH3 is 1. The van der Waals surface area contributed by atoms with E-state index in [-0.39, 0.29) is 6.23 Å².